The van der Waals surface area contributed by atoms with Crippen molar-refractivity contribution in [1.29, 1.82) is 0 Å². The Hall–Kier alpha value is -1.62. The quantitative estimate of drug-likeness (QED) is 0.0330. The van der Waals surface area contributed by atoms with Gasteiger partial charge in [-0.15, -0.1) is 0 Å². The number of carbonyl (C=O) groups is 2. The molecular formula is C38H70O5. The zero-order chi connectivity index (χ0) is 31.6. The number of allylic oxidation sites excluding steroid dienone is 4. The molecule has 0 aliphatic rings. The van der Waals surface area contributed by atoms with Crippen molar-refractivity contribution < 1.29 is 24.4 Å². The lowest BCUT2D eigenvalue weighted by Crippen LogP contribution is -2.19. The molecule has 0 aromatic rings. The average Bonchev–Trinajstić information content (AvgIpc) is 3.00. The van der Waals surface area contributed by atoms with E-state index in [1.54, 1.807) is 0 Å². The molecular weight excluding hydrogens is 536 g/mol. The number of hydrogen-bond donors (Lipinski definition) is 0. The van der Waals surface area contributed by atoms with Gasteiger partial charge < -0.3 is 0 Å². The number of unbranched alkanes of at least 4 members (excludes halogenated alkanes) is 20. The fourth-order valence-corrected chi connectivity index (χ4v) is 5.17. The average molecular weight is 607 g/mol. The first-order valence-electron chi connectivity index (χ1n) is 18.4. The Labute approximate surface area is 266 Å². The molecule has 0 aliphatic carbocycles. The molecule has 0 aliphatic heterocycles. The second-order valence-corrected chi connectivity index (χ2v) is 12.7. The maximum Gasteiger partial charge on any atom is 0.349 e. The summed E-state index contributed by atoms with van der Waals surface area (Å²) in [5.41, 5.74) is 0. The molecule has 0 spiro atoms. The summed E-state index contributed by atoms with van der Waals surface area (Å²) in [5, 5.41) is 4.53. The Balaban J connectivity index is 3.60. The summed E-state index contributed by atoms with van der Waals surface area (Å²) in [6.07, 6.45) is 40.6. The van der Waals surface area contributed by atoms with Crippen molar-refractivity contribution in [3.8, 4) is 0 Å². The molecule has 5 nitrogen and oxygen atoms in total. The molecule has 0 fully saturated rings. The van der Waals surface area contributed by atoms with Crippen LogP contribution in [-0.2, 0) is 24.4 Å². The van der Waals surface area contributed by atoms with Crippen LogP contribution in [0.5, 0.6) is 0 Å². The molecule has 0 aromatic heterocycles. The molecule has 0 N–H and O–H groups in total. The standard InChI is InChI=1S/C38H70O5/c1-5-7-9-11-13-15-17-19-21-23-25-27-29-31-33-35(3)37(39)41-43-42-38(40)36(4)34-32-30-28-26-24-22-20-18-16-14-12-10-8-6-2/h19-22,35-36H,5-18,23-34H2,1-4H3. The molecule has 2 unspecified atom stereocenters. The highest BCUT2D eigenvalue weighted by molar-refractivity contribution is 5.72. The van der Waals surface area contributed by atoms with Gasteiger partial charge in [0.2, 0.25) is 0 Å². The molecule has 252 valence electrons. The van der Waals surface area contributed by atoms with Gasteiger partial charge in [0.15, 0.2) is 0 Å². The minimum Gasteiger partial charge on any atom is -0.259 e. The Morgan fingerprint density at radius 2 is 0.721 bits per heavy atom. The lowest BCUT2D eigenvalue weighted by Gasteiger charge is -2.11. The van der Waals surface area contributed by atoms with Crippen molar-refractivity contribution in [2.45, 2.75) is 195 Å². The Bertz CT molecular complexity index is 615. The molecule has 0 rings (SSSR count). The zero-order valence-electron chi connectivity index (χ0n) is 28.9. The largest absolute Gasteiger partial charge is 0.349 e. The van der Waals surface area contributed by atoms with E-state index in [9.17, 15) is 9.59 Å². The topological polar surface area (TPSA) is 61.8 Å². The van der Waals surface area contributed by atoms with Crippen LogP contribution in [-0.4, -0.2) is 11.9 Å². The van der Waals surface area contributed by atoms with Crippen LogP contribution in [0.2, 0.25) is 0 Å². The first-order chi connectivity index (χ1) is 21.0. The summed E-state index contributed by atoms with van der Waals surface area (Å²) in [6, 6.07) is 0. The summed E-state index contributed by atoms with van der Waals surface area (Å²) in [4.78, 5) is 33.7. The monoisotopic (exact) mass is 607 g/mol. The van der Waals surface area contributed by atoms with Crippen LogP contribution in [0.3, 0.4) is 0 Å². The van der Waals surface area contributed by atoms with Gasteiger partial charge in [-0.05, 0) is 64.2 Å². The third-order valence-corrected chi connectivity index (χ3v) is 8.33. The Morgan fingerprint density at radius 1 is 0.442 bits per heavy atom. The maximum atomic E-state index is 12.1. The molecule has 0 saturated heterocycles. The maximum absolute atomic E-state index is 12.1. The second kappa shape index (κ2) is 33.3. The van der Waals surface area contributed by atoms with E-state index in [2.05, 4.69) is 43.2 Å². The number of rotatable bonds is 32. The number of carbonyl (C=O) groups excluding carboxylic acids is 2. The van der Waals surface area contributed by atoms with E-state index >= 15 is 0 Å². The van der Waals surface area contributed by atoms with E-state index in [1.165, 1.54) is 116 Å². The molecule has 0 bridgehead atoms. The molecule has 5 heteroatoms. The molecule has 43 heavy (non-hydrogen) atoms. The van der Waals surface area contributed by atoms with Crippen LogP contribution in [0.4, 0.5) is 0 Å². The van der Waals surface area contributed by atoms with Gasteiger partial charge in [0, 0.05) is 5.04 Å². The van der Waals surface area contributed by atoms with Gasteiger partial charge in [0.25, 0.3) is 0 Å². The fourth-order valence-electron chi connectivity index (χ4n) is 5.17. The predicted molar refractivity (Wildman–Crippen MR) is 181 cm³/mol. The molecule has 0 amide bonds. The third-order valence-electron chi connectivity index (χ3n) is 8.33. The molecule has 0 saturated carbocycles. The van der Waals surface area contributed by atoms with Crippen molar-refractivity contribution in [2.24, 2.45) is 11.8 Å². The van der Waals surface area contributed by atoms with Gasteiger partial charge in [-0.3, -0.25) is 9.78 Å². The normalized spacial score (nSPS) is 13.1. The smallest absolute Gasteiger partial charge is 0.259 e. The van der Waals surface area contributed by atoms with Crippen LogP contribution in [0.1, 0.15) is 195 Å². The van der Waals surface area contributed by atoms with Crippen LogP contribution in [0.15, 0.2) is 24.3 Å². The summed E-state index contributed by atoms with van der Waals surface area (Å²) in [7, 11) is 0. The van der Waals surface area contributed by atoms with Gasteiger partial charge in [-0.25, -0.2) is 9.59 Å². The van der Waals surface area contributed by atoms with E-state index in [1.807, 2.05) is 13.8 Å². The van der Waals surface area contributed by atoms with Crippen molar-refractivity contribution in [3.05, 3.63) is 24.3 Å². The van der Waals surface area contributed by atoms with E-state index < -0.39 is 11.9 Å². The SMILES string of the molecule is CCCCCCCCC=CCCCCCCC(C)C(=O)OOOC(=O)C(C)CCCCCCC=CCCCCCCCC. The molecule has 0 radical (unpaired) electrons. The van der Waals surface area contributed by atoms with Crippen molar-refractivity contribution >= 4 is 11.9 Å². The van der Waals surface area contributed by atoms with Crippen molar-refractivity contribution in [1.82, 2.24) is 0 Å². The zero-order valence-corrected chi connectivity index (χ0v) is 28.9. The Kier molecular flexibility index (Phi) is 32.0. The molecule has 0 aromatic carbocycles. The molecule has 2 atom stereocenters. The van der Waals surface area contributed by atoms with Crippen LogP contribution in [0.25, 0.3) is 0 Å². The van der Waals surface area contributed by atoms with Crippen LogP contribution < -0.4 is 0 Å². The van der Waals surface area contributed by atoms with Gasteiger partial charge >= 0.3 is 11.9 Å². The minimum absolute atomic E-state index is 0.279. The van der Waals surface area contributed by atoms with Gasteiger partial charge in [-0.1, -0.05) is 155 Å². The first-order valence-corrected chi connectivity index (χ1v) is 18.4. The third kappa shape index (κ3) is 30.2. The lowest BCUT2D eigenvalue weighted by molar-refractivity contribution is -0.461. The van der Waals surface area contributed by atoms with E-state index in [-0.39, 0.29) is 11.8 Å². The van der Waals surface area contributed by atoms with Crippen molar-refractivity contribution in [3.63, 3.8) is 0 Å². The highest BCUT2D eigenvalue weighted by Crippen LogP contribution is 2.16. The van der Waals surface area contributed by atoms with Crippen molar-refractivity contribution in [2.75, 3.05) is 0 Å². The summed E-state index contributed by atoms with van der Waals surface area (Å²) in [5.74, 6) is -1.53. The lowest BCUT2D eigenvalue weighted by atomic mass is 10.0. The summed E-state index contributed by atoms with van der Waals surface area (Å²) < 4.78 is 0. The van der Waals surface area contributed by atoms with Crippen LogP contribution >= 0.6 is 0 Å². The van der Waals surface area contributed by atoms with E-state index in [0.29, 0.717) is 0 Å². The minimum atomic E-state index is -0.487. The fraction of sp³-hybridized carbons (Fsp3) is 0.842. The van der Waals surface area contributed by atoms with E-state index in [4.69, 9.17) is 9.78 Å². The van der Waals surface area contributed by atoms with E-state index in [0.717, 1.165) is 51.4 Å². The first kappa shape index (κ1) is 41.4. The highest BCUT2D eigenvalue weighted by atomic mass is 17.5. The predicted octanol–water partition coefficient (Wildman–Crippen LogP) is 12.5. The highest BCUT2D eigenvalue weighted by Gasteiger charge is 2.19. The van der Waals surface area contributed by atoms with Gasteiger partial charge in [-0.2, -0.15) is 0 Å². The second-order valence-electron chi connectivity index (χ2n) is 12.7. The van der Waals surface area contributed by atoms with Gasteiger partial charge in [0.05, 0.1) is 11.8 Å². The summed E-state index contributed by atoms with van der Waals surface area (Å²) >= 11 is 0. The Morgan fingerprint density at radius 3 is 1.05 bits per heavy atom. The number of hydrogen-bond acceptors (Lipinski definition) is 5. The van der Waals surface area contributed by atoms with Gasteiger partial charge in [0.1, 0.15) is 0 Å². The van der Waals surface area contributed by atoms with Crippen LogP contribution in [0, 0.1) is 11.8 Å². The summed E-state index contributed by atoms with van der Waals surface area (Å²) in [6.45, 7) is 8.17. The molecule has 0 heterocycles.